The molecule has 1 aromatic heterocycles. The van der Waals surface area contributed by atoms with Gasteiger partial charge in [-0.1, -0.05) is 36.2 Å². The van der Waals surface area contributed by atoms with E-state index in [9.17, 15) is 0 Å². The summed E-state index contributed by atoms with van der Waals surface area (Å²) >= 11 is 7.51. The molecule has 1 saturated carbocycles. The molecule has 1 aromatic rings. The Morgan fingerprint density at radius 3 is 2.63 bits per heavy atom. The number of rotatable bonds is 5. The first-order valence-corrected chi connectivity index (χ1v) is 8.16. The molecule has 0 saturated heterocycles. The molecule has 2 rings (SSSR count). The zero-order chi connectivity index (χ0) is 13.9. The van der Waals surface area contributed by atoms with Crippen LogP contribution in [-0.2, 0) is 0 Å². The monoisotopic (exact) mass is 300 g/mol. The van der Waals surface area contributed by atoms with Gasteiger partial charge in [-0.2, -0.15) is 0 Å². The highest BCUT2D eigenvalue weighted by Gasteiger charge is 2.35. The first-order chi connectivity index (χ1) is 9.05. The fourth-order valence-corrected chi connectivity index (χ4v) is 3.26. The van der Waals surface area contributed by atoms with E-state index in [0.717, 1.165) is 12.4 Å². The smallest absolute Gasteiger partial charge is 0.190 e. The van der Waals surface area contributed by atoms with Crippen molar-refractivity contribution in [2.24, 2.45) is 0 Å². The molecule has 1 N–H and O–H groups in total. The second-order valence-corrected chi connectivity index (χ2v) is 6.40. The molecule has 106 valence electrons. The van der Waals surface area contributed by atoms with Crippen molar-refractivity contribution in [2.75, 3.05) is 32.2 Å². The molecule has 0 amide bonds. The number of halogens is 1. The maximum atomic E-state index is 6.01. The van der Waals surface area contributed by atoms with Crippen LogP contribution in [0.5, 0.6) is 0 Å². The van der Waals surface area contributed by atoms with E-state index >= 15 is 0 Å². The largest absolute Gasteiger partial charge is 0.368 e. The van der Waals surface area contributed by atoms with Crippen LogP contribution in [0.4, 0.5) is 5.82 Å². The summed E-state index contributed by atoms with van der Waals surface area (Å²) in [5.41, 5.74) is 0.247. The Balaban J connectivity index is 2.07. The van der Waals surface area contributed by atoms with E-state index in [1.165, 1.54) is 37.4 Å². The first kappa shape index (κ1) is 14.9. The Labute approximate surface area is 124 Å². The molecule has 0 spiro atoms. The van der Waals surface area contributed by atoms with Gasteiger partial charge in [-0.25, -0.2) is 9.97 Å². The third-order valence-electron chi connectivity index (χ3n) is 3.94. The molecule has 0 unspecified atom stereocenters. The van der Waals surface area contributed by atoms with Crippen molar-refractivity contribution in [3.63, 3.8) is 0 Å². The highest BCUT2D eigenvalue weighted by atomic mass is 35.5. The topological polar surface area (TPSA) is 41.1 Å². The van der Waals surface area contributed by atoms with E-state index in [4.69, 9.17) is 11.6 Å². The lowest BCUT2D eigenvalue weighted by Crippen LogP contribution is -2.47. The van der Waals surface area contributed by atoms with Crippen molar-refractivity contribution in [3.05, 3.63) is 11.2 Å². The lowest BCUT2D eigenvalue weighted by atomic mass is 9.96. The zero-order valence-corrected chi connectivity index (χ0v) is 13.3. The number of thioether (sulfide) groups is 1. The van der Waals surface area contributed by atoms with Crippen molar-refractivity contribution < 1.29 is 0 Å². The number of anilines is 1. The molecule has 1 fully saturated rings. The van der Waals surface area contributed by atoms with Crippen molar-refractivity contribution in [2.45, 2.75) is 36.4 Å². The highest BCUT2D eigenvalue weighted by Crippen LogP contribution is 2.34. The molecule has 6 heteroatoms. The van der Waals surface area contributed by atoms with Crippen LogP contribution in [0.3, 0.4) is 0 Å². The van der Waals surface area contributed by atoms with E-state index in [2.05, 4.69) is 34.3 Å². The van der Waals surface area contributed by atoms with Gasteiger partial charge in [-0.3, -0.25) is 0 Å². The number of nitrogens with zero attached hydrogens (tertiary/aromatic N) is 3. The minimum Gasteiger partial charge on any atom is -0.368 e. The van der Waals surface area contributed by atoms with Crippen LogP contribution >= 0.6 is 23.4 Å². The van der Waals surface area contributed by atoms with Gasteiger partial charge in [-0.05, 0) is 33.2 Å². The van der Waals surface area contributed by atoms with Crippen LogP contribution in [0.25, 0.3) is 0 Å². The van der Waals surface area contributed by atoms with E-state index in [1.54, 1.807) is 6.07 Å². The number of aromatic nitrogens is 2. The van der Waals surface area contributed by atoms with Gasteiger partial charge in [0.05, 0.1) is 0 Å². The summed E-state index contributed by atoms with van der Waals surface area (Å²) < 4.78 is 0. The summed E-state index contributed by atoms with van der Waals surface area (Å²) in [4.78, 5) is 10.9. The molecular formula is C13H21ClN4S. The molecule has 1 aliphatic carbocycles. The maximum Gasteiger partial charge on any atom is 0.190 e. The Hall–Kier alpha value is -0.520. The first-order valence-electron chi connectivity index (χ1n) is 6.56. The van der Waals surface area contributed by atoms with E-state index in [0.29, 0.717) is 10.3 Å². The third kappa shape index (κ3) is 3.52. The molecule has 0 atom stereocenters. The molecule has 0 bridgehead atoms. The number of hydrogen-bond acceptors (Lipinski definition) is 5. The maximum absolute atomic E-state index is 6.01. The van der Waals surface area contributed by atoms with Crippen LogP contribution in [0, 0.1) is 0 Å². The van der Waals surface area contributed by atoms with Crippen LogP contribution < -0.4 is 5.32 Å². The fraction of sp³-hybridized carbons (Fsp3) is 0.692. The lowest BCUT2D eigenvalue weighted by Gasteiger charge is -2.36. The van der Waals surface area contributed by atoms with Gasteiger partial charge in [0.1, 0.15) is 11.0 Å². The normalized spacial score (nSPS) is 17.9. The number of likely N-dealkylation sites (N-methyl/N-ethyl adjacent to an activating group) is 1. The van der Waals surface area contributed by atoms with Gasteiger partial charge in [0, 0.05) is 18.2 Å². The minimum absolute atomic E-state index is 0.247. The highest BCUT2D eigenvalue weighted by molar-refractivity contribution is 7.98. The number of nitrogens with one attached hydrogen (secondary N) is 1. The van der Waals surface area contributed by atoms with Crippen LogP contribution in [0.15, 0.2) is 11.2 Å². The Kier molecular flexibility index (Phi) is 4.92. The SMILES string of the molecule is CSc1nc(Cl)cc(NCC2(N(C)C)CCCC2)n1. The zero-order valence-electron chi connectivity index (χ0n) is 11.7. The predicted octanol–water partition coefficient (Wildman–Crippen LogP) is 3.14. The Bertz CT molecular complexity index is 433. The van der Waals surface area contributed by atoms with E-state index < -0.39 is 0 Å². The van der Waals surface area contributed by atoms with Gasteiger partial charge < -0.3 is 10.2 Å². The lowest BCUT2D eigenvalue weighted by molar-refractivity contribution is 0.172. The molecule has 0 radical (unpaired) electrons. The molecular weight excluding hydrogens is 280 g/mol. The average molecular weight is 301 g/mol. The molecule has 1 heterocycles. The van der Waals surface area contributed by atoms with Crippen LogP contribution in [0.2, 0.25) is 5.15 Å². The summed E-state index contributed by atoms with van der Waals surface area (Å²) in [5, 5.41) is 4.64. The second-order valence-electron chi connectivity index (χ2n) is 5.24. The van der Waals surface area contributed by atoms with Crippen LogP contribution in [-0.4, -0.2) is 47.3 Å². The van der Waals surface area contributed by atoms with Gasteiger partial charge in [-0.15, -0.1) is 0 Å². The van der Waals surface area contributed by atoms with Gasteiger partial charge in [0.2, 0.25) is 0 Å². The Morgan fingerprint density at radius 1 is 1.37 bits per heavy atom. The van der Waals surface area contributed by atoms with Crippen molar-refractivity contribution in [1.82, 2.24) is 14.9 Å². The predicted molar refractivity (Wildman–Crippen MR) is 82.2 cm³/mol. The Morgan fingerprint density at radius 2 is 2.05 bits per heavy atom. The second kappa shape index (κ2) is 6.29. The minimum atomic E-state index is 0.247. The van der Waals surface area contributed by atoms with E-state index in [-0.39, 0.29) is 5.54 Å². The summed E-state index contributed by atoms with van der Waals surface area (Å²) in [5.74, 6) is 0.817. The average Bonchev–Trinajstić information content (AvgIpc) is 2.86. The van der Waals surface area contributed by atoms with Gasteiger partial charge >= 0.3 is 0 Å². The quantitative estimate of drug-likeness (QED) is 0.514. The fourth-order valence-electron chi connectivity index (χ4n) is 2.65. The van der Waals surface area contributed by atoms with Crippen molar-refractivity contribution in [1.29, 1.82) is 0 Å². The van der Waals surface area contributed by atoms with Crippen molar-refractivity contribution in [3.8, 4) is 0 Å². The van der Waals surface area contributed by atoms with Gasteiger partial charge in [0.25, 0.3) is 0 Å². The molecule has 1 aliphatic rings. The van der Waals surface area contributed by atoms with Crippen LogP contribution in [0.1, 0.15) is 25.7 Å². The summed E-state index contributed by atoms with van der Waals surface area (Å²) in [6.45, 7) is 0.904. The summed E-state index contributed by atoms with van der Waals surface area (Å²) in [6, 6.07) is 1.79. The molecule has 4 nitrogen and oxygen atoms in total. The van der Waals surface area contributed by atoms with Crippen molar-refractivity contribution >= 4 is 29.2 Å². The molecule has 19 heavy (non-hydrogen) atoms. The molecule has 0 aromatic carbocycles. The van der Waals surface area contributed by atoms with Gasteiger partial charge in [0.15, 0.2) is 5.16 Å². The summed E-state index contributed by atoms with van der Waals surface area (Å²) in [6.07, 6.45) is 7.04. The standard InChI is InChI=1S/C13H21ClN4S/c1-18(2)13(6-4-5-7-13)9-15-11-8-10(14)16-12(17-11)19-3/h8H,4-7,9H2,1-3H3,(H,15,16,17). The van der Waals surface area contributed by atoms with E-state index in [1.807, 2.05) is 6.26 Å². The summed E-state index contributed by atoms with van der Waals surface area (Å²) in [7, 11) is 4.32. The number of hydrogen-bond donors (Lipinski definition) is 1. The third-order valence-corrected chi connectivity index (χ3v) is 4.68. The molecule has 0 aliphatic heterocycles.